The average molecular weight is 260 g/mol. The van der Waals surface area contributed by atoms with Crippen molar-refractivity contribution >= 4 is 5.91 Å². The number of ether oxygens (including phenoxy) is 1. The van der Waals surface area contributed by atoms with Gasteiger partial charge in [0.15, 0.2) is 0 Å². The lowest BCUT2D eigenvalue weighted by Gasteiger charge is -2.26. The molecule has 0 radical (unpaired) electrons. The van der Waals surface area contributed by atoms with Gasteiger partial charge in [0, 0.05) is 13.1 Å². The fraction of sp³-hybridized carbons (Fsp3) is 0.467. The van der Waals surface area contributed by atoms with E-state index in [0.29, 0.717) is 6.42 Å². The van der Waals surface area contributed by atoms with E-state index in [1.165, 1.54) is 0 Å². The molecule has 0 aliphatic heterocycles. The van der Waals surface area contributed by atoms with E-state index in [0.717, 1.165) is 11.3 Å². The molecule has 2 atom stereocenters. The van der Waals surface area contributed by atoms with Gasteiger partial charge < -0.3 is 9.64 Å². The van der Waals surface area contributed by atoms with E-state index in [1.807, 2.05) is 37.3 Å². The summed E-state index contributed by atoms with van der Waals surface area (Å²) in [6.45, 7) is 3.59. The summed E-state index contributed by atoms with van der Waals surface area (Å²) < 4.78 is 5.30. The number of nitriles is 1. The fourth-order valence-electron chi connectivity index (χ4n) is 1.90. The normalized spacial score (nSPS) is 13.2. The second kappa shape index (κ2) is 6.79. The zero-order valence-electron chi connectivity index (χ0n) is 11.9. The summed E-state index contributed by atoms with van der Waals surface area (Å²) in [6, 6.07) is 9.74. The summed E-state index contributed by atoms with van der Waals surface area (Å²) in [5, 5.41) is 8.79. The van der Waals surface area contributed by atoms with Crippen LogP contribution in [0.3, 0.4) is 0 Å². The van der Waals surface area contributed by atoms with E-state index < -0.39 is 5.92 Å². The first-order valence-corrected chi connectivity index (χ1v) is 6.29. The van der Waals surface area contributed by atoms with Gasteiger partial charge in [-0.2, -0.15) is 5.26 Å². The number of nitrogens with zero attached hydrogens (tertiary/aromatic N) is 2. The Bertz CT molecular complexity index is 479. The zero-order chi connectivity index (χ0) is 14.4. The summed E-state index contributed by atoms with van der Waals surface area (Å²) in [7, 11) is 3.37. The molecule has 0 heterocycles. The predicted octanol–water partition coefficient (Wildman–Crippen LogP) is 2.24. The highest BCUT2D eigenvalue weighted by atomic mass is 16.5. The molecule has 0 bridgehead atoms. The molecule has 4 nitrogen and oxygen atoms in total. The van der Waals surface area contributed by atoms with Crippen molar-refractivity contribution in [1.82, 2.24) is 4.90 Å². The van der Waals surface area contributed by atoms with Gasteiger partial charge in [0.25, 0.3) is 0 Å². The van der Waals surface area contributed by atoms with Crippen molar-refractivity contribution in [2.24, 2.45) is 5.92 Å². The van der Waals surface area contributed by atoms with Crippen LogP contribution in [-0.2, 0) is 11.2 Å². The zero-order valence-corrected chi connectivity index (χ0v) is 11.9. The van der Waals surface area contributed by atoms with Crippen molar-refractivity contribution in [3.05, 3.63) is 29.8 Å². The van der Waals surface area contributed by atoms with E-state index in [4.69, 9.17) is 10.00 Å². The molecular formula is C15H20N2O2. The number of hydrogen-bond donors (Lipinski definition) is 0. The maximum absolute atomic E-state index is 11.9. The van der Waals surface area contributed by atoms with E-state index in [-0.39, 0.29) is 11.9 Å². The van der Waals surface area contributed by atoms with Crippen LogP contribution in [0, 0.1) is 17.2 Å². The van der Waals surface area contributed by atoms with Crippen LogP contribution in [0.25, 0.3) is 0 Å². The minimum absolute atomic E-state index is 0.0135. The molecule has 102 valence electrons. The molecule has 0 N–H and O–H groups in total. The number of methoxy groups -OCH3 is 1. The second-order valence-corrected chi connectivity index (χ2v) is 4.66. The Hall–Kier alpha value is -2.02. The number of rotatable bonds is 5. The summed E-state index contributed by atoms with van der Waals surface area (Å²) >= 11 is 0. The van der Waals surface area contributed by atoms with Crippen LogP contribution >= 0.6 is 0 Å². The van der Waals surface area contributed by atoms with Gasteiger partial charge in [0.1, 0.15) is 11.7 Å². The van der Waals surface area contributed by atoms with Gasteiger partial charge in [-0.25, -0.2) is 0 Å². The fourth-order valence-corrected chi connectivity index (χ4v) is 1.90. The van der Waals surface area contributed by atoms with E-state index in [1.54, 1.807) is 26.0 Å². The van der Waals surface area contributed by atoms with Crippen molar-refractivity contribution in [1.29, 1.82) is 5.26 Å². The molecule has 0 saturated heterocycles. The van der Waals surface area contributed by atoms with Gasteiger partial charge in [0.05, 0.1) is 13.2 Å². The Balaban J connectivity index is 2.77. The molecule has 2 unspecified atom stereocenters. The maximum Gasteiger partial charge on any atom is 0.239 e. The smallest absolute Gasteiger partial charge is 0.239 e. The molecule has 1 aromatic rings. The van der Waals surface area contributed by atoms with Crippen LogP contribution < -0.4 is 4.74 Å². The van der Waals surface area contributed by atoms with Crippen molar-refractivity contribution in [2.75, 3.05) is 14.2 Å². The first-order valence-electron chi connectivity index (χ1n) is 6.29. The molecule has 19 heavy (non-hydrogen) atoms. The summed E-state index contributed by atoms with van der Waals surface area (Å²) in [5.74, 6) is 0.0681. The highest BCUT2D eigenvalue weighted by Gasteiger charge is 2.22. The van der Waals surface area contributed by atoms with Gasteiger partial charge in [-0.1, -0.05) is 18.2 Å². The summed E-state index contributed by atoms with van der Waals surface area (Å²) in [6.07, 6.45) is 0.699. The van der Waals surface area contributed by atoms with E-state index in [9.17, 15) is 4.79 Å². The van der Waals surface area contributed by atoms with E-state index in [2.05, 4.69) is 0 Å². The SMILES string of the molecule is COc1ccccc1CC(C)N(C)C(=O)C(C)C#N. The Morgan fingerprint density at radius 3 is 2.63 bits per heavy atom. The quantitative estimate of drug-likeness (QED) is 0.816. The highest BCUT2D eigenvalue weighted by molar-refractivity contribution is 5.80. The van der Waals surface area contributed by atoms with Gasteiger partial charge >= 0.3 is 0 Å². The molecule has 0 aromatic heterocycles. The predicted molar refractivity (Wildman–Crippen MR) is 73.7 cm³/mol. The van der Waals surface area contributed by atoms with Gasteiger partial charge in [-0.05, 0) is 31.9 Å². The molecule has 4 heteroatoms. The van der Waals surface area contributed by atoms with Gasteiger partial charge in [0.2, 0.25) is 5.91 Å². The van der Waals surface area contributed by atoms with Gasteiger partial charge in [-0.15, -0.1) is 0 Å². The Morgan fingerprint density at radius 2 is 2.05 bits per heavy atom. The minimum atomic E-state index is -0.606. The third kappa shape index (κ3) is 3.72. The molecule has 1 rings (SSSR count). The Morgan fingerprint density at radius 1 is 1.42 bits per heavy atom. The molecule has 1 aromatic carbocycles. The topological polar surface area (TPSA) is 53.3 Å². The Labute approximate surface area is 114 Å². The number of benzene rings is 1. The Kier molecular flexibility index (Phi) is 5.37. The minimum Gasteiger partial charge on any atom is -0.496 e. The first kappa shape index (κ1) is 15.0. The number of carbonyl (C=O) groups is 1. The molecule has 0 fully saturated rings. The van der Waals surface area contributed by atoms with Crippen molar-refractivity contribution in [3.63, 3.8) is 0 Å². The number of hydrogen-bond acceptors (Lipinski definition) is 3. The summed E-state index contributed by atoms with van der Waals surface area (Å²) in [5.41, 5.74) is 1.06. The first-order chi connectivity index (χ1) is 9.01. The summed E-state index contributed by atoms with van der Waals surface area (Å²) in [4.78, 5) is 13.6. The molecule has 1 amide bonds. The molecular weight excluding hydrogens is 240 g/mol. The molecule has 0 aliphatic carbocycles. The standard InChI is InChI=1S/C15H20N2O2/c1-11(10-16)15(18)17(3)12(2)9-13-7-5-6-8-14(13)19-4/h5-8,11-12H,9H2,1-4H3. The van der Waals surface area contributed by atoms with Crippen molar-refractivity contribution in [3.8, 4) is 11.8 Å². The van der Waals surface area contributed by atoms with Crippen LogP contribution in [0.1, 0.15) is 19.4 Å². The van der Waals surface area contributed by atoms with E-state index >= 15 is 0 Å². The third-order valence-corrected chi connectivity index (χ3v) is 3.28. The molecule has 0 aliphatic rings. The third-order valence-electron chi connectivity index (χ3n) is 3.28. The number of amides is 1. The van der Waals surface area contributed by atoms with Crippen molar-refractivity contribution < 1.29 is 9.53 Å². The molecule has 0 spiro atoms. The number of carbonyl (C=O) groups excluding carboxylic acids is 1. The van der Waals surface area contributed by atoms with Crippen LogP contribution in [-0.4, -0.2) is 31.0 Å². The van der Waals surface area contributed by atoms with Crippen LogP contribution in [0.2, 0.25) is 0 Å². The number of likely N-dealkylation sites (N-methyl/N-ethyl adjacent to an activating group) is 1. The lowest BCUT2D eigenvalue weighted by atomic mass is 10.0. The van der Waals surface area contributed by atoms with Crippen LogP contribution in [0.4, 0.5) is 0 Å². The lowest BCUT2D eigenvalue weighted by molar-refractivity contribution is -0.133. The highest BCUT2D eigenvalue weighted by Crippen LogP contribution is 2.20. The lowest BCUT2D eigenvalue weighted by Crippen LogP contribution is -2.39. The number of para-hydroxylation sites is 1. The van der Waals surface area contributed by atoms with Crippen molar-refractivity contribution in [2.45, 2.75) is 26.3 Å². The second-order valence-electron chi connectivity index (χ2n) is 4.66. The molecule has 0 saturated carbocycles. The maximum atomic E-state index is 11.9. The van der Waals surface area contributed by atoms with Gasteiger partial charge in [-0.3, -0.25) is 4.79 Å². The van der Waals surface area contributed by atoms with Crippen LogP contribution in [0.15, 0.2) is 24.3 Å². The average Bonchev–Trinajstić information content (AvgIpc) is 2.45. The van der Waals surface area contributed by atoms with Crippen LogP contribution in [0.5, 0.6) is 5.75 Å². The monoisotopic (exact) mass is 260 g/mol. The largest absolute Gasteiger partial charge is 0.496 e.